The topological polar surface area (TPSA) is 26.0 Å². The molecule has 1 unspecified atom stereocenters. The number of thioether (sulfide) groups is 1. The molecule has 1 aromatic carbocycles. The Bertz CT molecular complexity index is 312. The van der Waals surface area contributed by atoms with Crippen molar-refractivity contribution >= 4 is 27.7 Å². The largest absolute Gasteiger partial charge is 0.330 e. The molecule has 0 bridgehead atoms. The lowest BCUT2D eigenvalue weighted by molar-refractivity contribution is 0.698. The summed E-state index contributed by atoms with van der Waals surface area (Å²) in [7, 11) is 0. The van der Waals surface area contributed by atoms with Crippen LogP contribution in [-0.4, -0.2) is 12.3 Å². The Morgan fingerprint density at radius 3 is 3.15 bits per heavy atom. The SMILES string of the molecule is NCCC1CSc2cccc(Br)c21. The van der Waals surface area contributed by atoms with Crippen LogP contribution in [0.2, 0.25) is 0 Å². The van der Waals surface area contributed by atoms with Gasteiger partial charge in [-0.05, 0) is 36.6 Å². The van der Waals surface area contributed by atoms with Gasteiger partial charge in [0.1, 0.15) is 0 Å². The van der Waals surface area contributed by atoms with E-state index in [1.54, 1.807) is 0 Å². The van der Waals surface area contributed by atoms with Crippen LogP contribution in [0, 0.1) is 0 Å². The third kappa shape index (κ3) is 1.78. The molecule has 2 rings (SSSR count). The molecule has 1 heterocycles. The van der Waals surface area contributed by atoms with E-state index in [4.69, 9.17) is 5.73 Å². The molecule has 0 spiro atoms. The van der Waals surface area contributed by atoms with Crippen LogP contribution >= 0.6 is 27.7 Å². The van der Waals surface area contributed by atoms with E-state index < -0.39 is 0 Å². The van der Waals surface area contributed by atoms with Crippen molar-refractivity contribution in [2.24, 2.45) is 5.73 Å². The summed E-state index contributed by atoms with van der Waals surface area (Å²) in [6.07, 6.45) is 1.10. The number of fused-ring (bicyclic) bond motifs is 1. The fourth-order valence-electron chi connectivity index (χ4n) is 1.74. The van der Waals surface area contributed by atoms with Gasteiger partial charge in [0.25, 0.3) is 0 Å². The van der Waals surface area contributed by atoms with Gasteiger partial charge in [0.15, 0.2) is 0 Å². The standard InChI is InChI=1S/C10H12BrNS/c11-8-2-1-3-9-10(8)7(4-5-12)6-13-9/h1-3,7H,4-6,12H2. The summed E-state index contributed by atoms with van der Waals surface area (Å²) in [5, 5.41) is 0. The van der Waals surface area contributed by atoms with Gasteiger partial charge in [0, 0.05) is 15.1 Å². The molecule has 70 valence electrons. The molecule has 1 nitrogen and oxygen atoms in total. The zero-order chi connectivity index (χ0) is 9.26. The number of rotatable bonds is 2. The minimum Gasteiger partial charge on any atom is -0.330 e. The molecule has 0 aliphatic carbocycles. The van der Waals surface area contributed by atoms with Gasteiger partial charge in [-0.25, -0.2) is 0 Å². The number of nitrogens with two attached hydrogens (primary N) is 1. The Labute approximate surface area is 91.2 Å². The zero-order valence-corrected chi connectivity index (χ0v) is 9.70. The first-order chi connectivity index (χ1) is 6.33. The first kappa shape index (κ1) is 9.56. The van der Waals surface area contributed by atoms with Gasteiger partial charge in [0.2, 0.25) is 0 Å². The molecule has 1 aromatic rings. The van der Waals surface area contributed by atoms with E-state index >= 15 is 0 Å². The van der Waals surface area contributed by atoms with Crippen LogP contribution in [-0.2, 0) is 0 Å². The number of halogens is 1. The van der Waals surface area contributed by atoms with Crippen LogP contribution in [0.5, 0.6) is 0 Å². The van der Waals surface area contributed by atoms with Crippen molar-refractivity contribution in [2.45, 2.75) is 17.2 Å². The van der Waals surface area contributed by atoms with Gasteiger partial charge in [0.05, 0.1) is 0 Å². The highest BCUT2D eigenvalue weighted by atomic mass is 79.9. The molecule has 0 aromatic heterocycles. The normalized spacial score (nSPS) is 20.3. The highest BCUT2D eigenvalue weighted by Gasteiger charge is 2.24. The maximum atomic E-state index is 5.59. The van der Waals surface area contributed by atoms with Crippen molar-refractivity contribution in [1.82, 2.24) is 0 Å². The van der Waals surface area contributed by atoms with E-state index in [2.05, 4.69) is 34.1 Å². The smallest absolute Gasteiger partial charge is 0.0221 e. The summed E-state index contributed by atoms with van der Waals surface area (Å²) in [5.41, 5.74) is 7.06. The lowest BCUT2D eigenvalue weighted by Gasteiger charge is -2.10. The van der Waals surface area contributed by atoms with E-state index in [0.717, 1.165) is 13.0 Å². The van der Waals surface area contributed by atoms with Crippen LogP contribution in [0.25, 0.3) is 0 Å². The van der Waals surface area contributed by atoms with Crippen molar-refractivity contribution in [3.63, 3.8) is 0 Å². The predicted octanol–water partition coefficient (Wildman–Crippen LogP) is 2.99. The van der Waals surface area contributed by atoms with Crippen LogP contribution < -0.4 is 5.73 Å². The lowest BCUT2D eigenvalue weighted by Crippen LogP contribution is -2.07. The van der Waals surface area contributed by atoms with Crippen molar-refractivity contribution in [3.05, 3.63) is 28.2 Å². The van der Waals surface area contributed by atoms with Gasteiger partial charge >= 0.3 is 0 Å². The monoisotopic (exact) mass is 257 g/mol. The minimum absolute atomic E-state index is 0.653. The van der Waals surface area contributed by atoms with E-state index in [1.165, 1.54) is 20.7 Å². The Balaban J connectivity index is 2.34. The molecule has 1 atom stereocenters. The van der Waals surface area contributed by atoms with Gasteiger partial charge in [-0.3, -0.25) is 0 Å². The van der Waals surface area contributed by atoms with Gasteiger partial charge in [-0.2, -0.15) is 0 Å². The van der Waals surface area contributed by atoms with E-state index in [-0.39, 0.29) is 0 Å². The molecule has 2 N–H and O–H groups in total. The van der Waals surface area contributed by atoms with E-state index in [1.807, 2.05) is 11.8 Å². The van der Waals surface area contributed by atoms with Gasteiger partial charge in [-0.1, -0.05) is 22.0 Å². The highest BCUT2D eigenvalue weighted by Crippen LogP contribution is 2.44. The Morgan fingerprint density at radius 2 is 2.38 bits per heavy atom. The molecule has 1 aliphatic heterocycles. The third-order valence-corrected chi connectivity index (χ3v) is 4.30. The van der Waals surface area contributed by atoms with Crippen molar-refractivity contribution < 1.29 is 0 Å². The number of benzene rings is 1. The zero-order valence-electron chi connectivity index (χ0n) is 7.29. The fourth-order valence-corrected chi connectivity index (χ4v) is 3.88. The number of hydrogen-bond donors (Lipinski definition) is 1. The first-order valence-corrected chi connectivity index (χ1v) is 6.22. The summed E-state index contributed by atoms with van der Waals surface area (Å²) < 4.78 is 1.24. The third-order valence-electron chi connectivity index (χ3n) is 2.38. The van der Waals surface area contributed by atoms with Gasteiger partial charge < -0.3 is 5.73 Å². The van der Waals surface area contributed by atoms with Crippen molar-refractivity contribution in [2.75, 3.05) is 12.3 Å². The summed E-state index contributed by atoms with van der Waals surface area (Å²) >= 11 is 5.55. The molecule has 1 aliphatic rings. The molecule has 0 fully saturated rings. The minimum atomic E-state index is 0.653. The van der Waals surface area contributed by atoms with Crippen molar-refractivity contribution in [3.8, 4) is 0 Å². The summed E-state index contributed by atoms with van der Waals surface area (Å²) in [5.74, 6) is 1.84. The van der Waals surface area contributed by atoms with E-state index in [9.17, 15) is 0 Å². The second kappa shape index (κ2) is 4.03. The van der Waals surface area contributed by atoms with Crippen molar-refractivity contribution in [1.29, 1.82) is 0 Å². The number of hydrogen-bond acceptors (Lipinski definition) is 2. The Kier molecular flexibility index (Phi) is 2.96. The summed E-state index contributed by atoms with van der Waals surface area (Å²) in [6, 6.07) is 6.41. The lowest BCUT2D eigenvalue weighted by atomic mass is 9.98. The highest BCUT2D eigenvalue weighted by molar-refractivity contribution is 9.10. The molecule has 0 saturated carbocycles. The van der Waals surface area contributed by atoms with E-state index in [0.29, 0.717) is 5.92 Å². The second-order valence-electron chi connectivity index (χ2n) is 3.24. The molecular weight excluding hydrogens is 246 g/mol. The molecule has 0 amide bonds. The average molecular weight is 258 g/mol. The molecule has 13 heavy (non-hydrogen) atoms. The van der Waals surface area contributed by atoms with Crippen LogP contribution in [0.3, 0.4) is 0 Å². The molecule has 0 saturated heterocycles. The second-order valence-corrected chi connectivity index (χ2v) is 5.15. The van der Waals surface area contributed by atoms with Crippen LogP contribution in [0.1, 0.15) is 17.9 Å². The fraction of sp³-hybridized carbons (Fsp3) is 0.400. The first-order valence-electron chi connectivity index (χ1n) is 4.44. The van der Waals surface area contributed by atoms with Crippen LogP contribution in [0.15, 0.2) is 27.6 Å². The predicted molar refractivity (Wildman–Crippen MR) is 61.3 cm³/mol. The summed E-state index contributed by atoms with van der Waals surface area (Å²) in [6.45, 7) is 0.784. The molecular formula is C10H12BrNS. The van der Waals surface area contributed by atoms with Gasteiger partial charge in [-0.15, -0.1) is 11.8 Å². The quantitative estimate of drug-likeness (QED) is 0.882. The molecule has 0 radical (unpaired) electrons. The average Bonchev–Trinajstić information content (AvgIpc) is 2.51. The Morgan fingerprint density at radius 1 is 1.54 bits per heavy atom. The maximum absolute atomic E-state index is 5.59. The summed E-state index contributed by atoms with van der Waals surface area (Å²) in [4.78, 5) is 1.42. The maximum Gasteiger partial charge on any atom is 0.0221 e. The molecule has 3 heteroatoms. The Hall–Kier alpha value is 0.01000. The van der Waals surface area contributed by atoms with Crippen LogP contribution in [0.4, 0.5) is 0 Å².